The monoisotopic (exact) mass is 349 g/mol. The number of halogens is 1. The van der Waals surface area contributed by atoms with Crippen LogP contribution in [0.25, 0.3) is 0 Å². The average molecular weight is 350 g/mol. The van der Waals surface area contributed by atoms with Crippen molar-refractivity contribution in [2.45, 2.75) is 4.90 Å². The van der Waals surface area contributed by atoms with Crippen LogP contribution in [-0.4, -0.2) is 51.8 Å². The lowest BCUT2D eigenvalue weighted by atomic mass is 10.2. The van der Waals surface area contributed by atoms with Crippen LogP contribution in [-0.2, 0) is 10.0 Å². The molecule has 0 aromatic heterocycles. The van der Waals surface area contributed by atoms with Crippen molar-refractivity contribution in [1.29, 1.82) is 0 Å². The Hall–Kier alpha value is -0.960. The van der Waals surface area contributed by atoms with E-state index in [1.54, 1.807) is 26.2 Å². The van der Waals surface area contributed by atoms with Gasteiger partial charge in [-0.2, -0.15) is 0 Å². The van der Waals surface area contributed by atoms with Crippen LogP contribution >= 0.6 is 15.9 Å². The number of benzene rings is 1. The van der Waals surface area contributed by atoms with Gasteiger partial charge in [0, 0.05) is 38.2 Å². The van der Waals surface area contributed by atoms with Gasteiger partial charge in [0.15, 0.2) is 0 Å². The van der Waals surface area contributed by atoms with Gasteiger partial charge in [-0.25, -0.2) is 17.7 Å². The van der Waals surface area contributed by atoms with Crippen LogP contribution in [0.5, 0.6) is 0 Å². The van der Waals surface area contributed by atoms with Crippen LogP contribution in [0.4, 0.5) is 0 Å². The third-order valence-corrected chi connectivity index (χ3v) is 5.09. The lowest BCUT2D eigenvalue weighted by Gasteiger charge is -2.15. The summed E-state index contributed by atoms with van der Waals surface area (Å²) in [6.07, 6.45) is 0. The van der Waals surface area contributed by atoms with Crippen molar-refractivity contribution in [3.05, 3.63) is 28.2 Å². The van der Waals surface area contributed by atoms with Crippen LogP contribution in [0.3, 0.4) is 0 Å². The Bertz CT molecular complexity index is 585. The lowest BCUT2D eigenvalue weighted by Crippen LogP contribution is -2.36. The molecule has 19 heavy (non-hydrogen) atoms. The van der Waals surface area contributed by atoms with E-state index >= 15 is 0 Å². The molecule has 0 fully saturated rings. The molecule has 0 radical (unpaired) electrons. The first-order valence-corrected chi connectivity index (χ1v) is 7.60. The van der Waals surface area contributed by atoms with Crippen molar-refractivity contribution in [3.63, 3.8) is 0 Å². The number of hydrogen-bond donors (Lipinski definition) is 1. The molecule has 0 aliphatic heterocycles. The number of carbonyl (C=O) groups is 1. The molecule has 1 amide bonds. The molecule has 1 N–H and O–H groups in total. The summed E-state index contributed by atoms with van der Waals surface area (Å²) >= 11 is 3.19. The van der Waals surface area contributed by atoms with Crippen LogP contribution in [0, 0.1) is 0 Å². The van der Waals surface area contributed by atoms with E-state index in [0.717, 1.165) is 4.31 Å². The average Bonchev–Trinajstić information content (AvgIpc) is 2.27. The molecule has 1 aromatic carbocycles. The predicted octanol–water partition coefficient (Wildman–Crippen LogP) is 0.906. The van der Waals surface area contributed by atoms with Crippen molar-refractivity contribution >= 4 is 31.9 Å². The molecule has 0 saturated heterocycles. The van der Waals surface area contributed by atoms with Gasteiger partial charge in [0.25, 0.3) is 5.91 Å². The topological polar surface area (TPSA) is 69.7 Å². The fraction of sp³-hybridized carbons (Fsp3) is 0.364. The van der Waals surface area contributed by atoms with Crippen LogP contribution in [0.2, 0.25) is 0 Å². The van der Waals surface area contributed by atoms with Gasteiger partial charge in [-0.05, 0) is 34.1 Å². The summed E-state index contributed by atoms with van der Waals surface area (Å²) in [5.41, 5.74) is 2.83. The zero-order chi connectivity index (χ0) is 14.8. The zero-order valence-electron chi connectivity index (χ0n) is 11.1. The van der Waals surface area contributed by atoms with Gasteiger partial charge in [0.1, 0.15) is 0 Å². The first kappa shape index (κ1) is 16.1. The van der Waals surface area contributed by atoms with Crippen molar-refractivity contribution in [2.75, 3.05) is 28.2 Å². The second-order valence-electron chi connectivity index (χ2n) is 4.27. The molecule has 0 heterocycles. The Balaban J connectivity index is 3.26. The molecule has 0 atom stereocenters. The highest BCUT2D eigenvalue weighted by Crippen LogP contribution is 2.25. The van der Waals surface area contributed by atoms with Gasteiger partial charge < -0.3 is 0 Å². The minimum absolute atomic E-state index is 0.0592. The molecular formula is C11H16BrN3O3S. The van der Waals surface area contributed by atoms with E-state index in [-0.39, 0.29) is 16.4 Å². The molecule has 0 unspecified atom stereocenters. The summed E-state index contributed by atoms with van der Waals surface area (Å²) < 4.78 is 25.7. The highest BCUT2D eigenvalue weighted by atomic mass is 79.9. The summed E-state index contributed by atoms with van der Waals surface area (Å²) in [5, 5.41) is 1.49. The third-order valence-electron chi connectivity index (χ3n) is 2.28. The maximum Gasteiger partial charge on any atom is 0.265 e. The van der Waals surface area contributed by atoms with Crippen molar-refractivity contribution in [2.24, 2.45) is 0 Å². The molecule has 0 saturated carbocycles. The Morgan fingerprint density at radius 1 is 1.21 bits per heavy atom. The molecular weight excluding hydrogens is 334 g/mol. The second-order valence-corrected chi connectivity index (χ2v) is 7.24. The van der Waals surface area contributed by atoms with E-state index in [1.807, 2.05) is 0 Å². The molecule has 1 rings (SSSR count). The predicted molar refractivity (Wildman–Crippen MR) is 76.2 cm³/mol. The van der Waals surface area contributed by atoms with Crippen molar-refractivity contribution in [3.8, 4) is 0 Å². The quantitative estimate of drug-likeness (QED) is 0.820. The van der Waals surface area contributed by atoms with Crippen molar-refractivity contribution < 1.29 is 13.2 Å². The van der Waals surface area contributed by atoms with Crippen molar-refractivity contribution in [1.82, 2.24) is 14.7 Å². The Kier molecular flexibility index (Phi) is 5.08. The number of hydrazine groups is 1. The largest absolute Gasteiger partial charge is 0.285 e. The van der Waals surface area contributed by atoms with E-state index in [0.29, 0.717) is 4.47 Å². The highest BCUT2D eigenvalue weighted by molar-refractivity contribution is 9.10. The van der Waals surface area contributed by atoms with E-state index in [4.69, 9.17) is 0 Å². The lowest BCUT2D eigenvalue weighted by molar-refractivity contribution is 0.0856. The first-order chi connectivity index (χ1) is 8.66. The van der Waals surface area contributed by atoms with E-state index in [2.05, 4.69) is 21.4 Å². The zero-order valence-corrected chi connectivity index (χ0v) is 13.5. The van der Waals surface area contributed by atoms with Gasteiger partial charge in [-0.3, -0.25) is 10.2 Å². The highest BCUT2D eigenvalue weighted by Gasteiger charge is 2.22. The van der Waals surface area contributed by atoms with E-state index in [1.165, 1.54) is 25.2 Å². The van der Waals surface area contributed by atoms with Gasteiger partial charge in [-0.1, -0.05) is 0 Å². The van der Waals surface area contributed by atoms with Gasteiger partial charge >= 0.3 is 0 Å². The summed E-state index contributed by atoms with van der Waals surface area (Å²) in [6.45, 7) is 0. The number of sulfonamides is 1. The van der Waals surface area contributed by atoms with Gasteiger partial charge in [-0.15, -0.1) is 0 Å². The summed E-state index contributed by atoms with van der Waals surface area (Å²) in [5.74, 6) is -0.368. The molecule has 0 aliphatic rings. The standard InChI is InChI=1S/C11H16BrN3O3S/c1-14(2)13-11(16)8-5-6-9(12)10(7-8)19(17,18)15(3)4/h5-7H,1-4H3,(H,13,16). The van der Waals surface area contributed by atoms with Crippen LogP contribution in [0.1, 0.15) is 10.4 Å². The fourth-order valence-corrected chi connectivity index (χ4v) is 3.15. The molecule has 8 heteroatoms. The minimum atomic E-state index is -3.60. The summed E-state index contributed by atoms with van der Waals surface area (Å²) in [4.78, 5) is 11.9. The number of hydrogen-bond acceptors (Lipinski definition) is 4. The Morgan fingerprint density at radius 3 is 2.26 bits per heavy atom. The molecule has 1 aromatic rings. The molecule has 0 aliphatic carbocycles. The van der Waals surface area contributed by atoms with E-state index < -0.39 is 10.0 Å². The third kappa shape index (κ3) is 3.75. The SMILES string of the molecule is CN(C)NC(=O)c1ccc(Br)c(S(=O)(=O)N(C)C)c1. The van der Waals surface area contributed by atoms with Gasteiger partial charge in [0.05, 0.1) is 4.90 Å². The summed E-state index contributed by atoms with van der Waals surface area (Å²) in [7, 11) is 2.63. The molecule has 0 spiro atoms. The maximum absolute atomic E-state index is 12.1. The van der Waals surface area contributed by atoms with Gasteiger partial charge in [0.2, 0.25) is 10.0 Å². The Morgan fingerprint density at radius 2 is 1.79 bits per heavy atom. The molecule has 106 valence electrons. The second kappa shape index (κ2) is 6.00. The van der Waals surface area contributed by atoms with E-state index in [9.17, 15) is 13.2 Å². The number of amides is 1. The smallest absolute Gasteiger partial charge is 0.265 e. The normalized spacial score (nSPS) is 11.9. The number of nitrogens with zero attached hydrogens (tertiary/aromatic N) is 2. The van der Waals surface area contributed by atoms with Crippen LogP contribution < -0.4 is 5.43 Å². The number of rotatable bonds is 4. The Labute approximate surface area is 121 Å². The first-order valence-electron chi connectivity index (χ1n) is 5.36. The molecule has 6 nitrogen and oxygen atoms in total. The maximum atomic E-state index is 12.1. The molecule has 0 bridgehead atoms. The number of nitrogens with one attached hydrogen (secondary N) is 1. The fourth-order valence-electron chi connectivity index (χ4n) is 1.31. The van der Waals surface area contributed by atoms with Crippen LogP contribution in [0.15, 0.2) is 27.6 Å². The number of carbonyl (C=O) groups excluding carboxylic acids is 1. The minimum Gasteiger partial charge on any atom is -0.285 e. The summed E-state index contributed by atoms with van der Waals surface area (Å²) in [6, 6.07) is 4.44.